The molecule has 0 aliphatic carbocycles. The average Bonchev–Trinajstić information content (AvgIpc) is 3.03. The van der Waals surface area contributed by atoms with E-state index in [0.717, 1.165) is 10.4 Å². The van der Waals surface area contributed by atoms with E-state index in [1.807, 2.05) is 13.8 Å². The van der Waals surface area contributed by atoms with Crippen molar-refractivity contribution >= 4 is 44.8 Å². The van der Waals surface area contributed by atoms with Crippen LogP contribution in [0.2, 0.25) is 5.02 Å². The molecule has 3 aromatic carbocycles. The summed E-state index contributed by atoms with van der Waals surface area (Å²) in [7, 11) is -1.80. The predicted molar refractivity (Wildman–Crippen MR) is 176 cm³/mol. The van der Waals surface area contributed by atoms with Crippen molar-refractivity contribution in [1.29, 1.82) is 0 Å². The van der Waals surface area contributed by atoms with Gasteiger partial charge in [-0.15, -0.1) is 0 Å². The molecule has 0 heterocycles. The highest BCUT2D eigenvalue weighted by Gasteiger charge is 2.36. The Morgan fingerprint density at radius 2 is 1.74 bits per heavy atom. The number of nitro benzene ring substituents is 1. The second kappa shape index (κ2) is 15.8. The van der Waals surface area contributed by atoms with Crippen LogP contribution in [0.5, 0.6) is 11.5 Å². The Labute approximate surface area is 274 Å². The van der Waals surface area contributed by atoms with Gasteiger partial charge in [-0.3, -0.25) is 24.0 Å². The highest BCUT2D eigenvalue weighted by molar-refractivity contribution is 7.92. The molecule has 0 radical (unpaired) electrons. The molecule has 0 aromatic heterocycles. The zero-order chi connectivity index (χ0) is 34.2. The van der Waals surface area contributed by atoms with Crippen LogP contribution in [0.15, 0.2) is 65.6 Å². The molecule has 0 bridgehead atoms. The minimum Gasteiger partial charge on any atom is -0.497 e. The van der Waals surface area contributed by atoms with Crippen molar-refractivity contribution in [2.75, 3.05) is 25.1 Å². The number of ether oxygens (including phenoxy) is 2. The molecule has 3 rings (SSSR count). The highest BCUT2D eigenvalue weighted by atomic mass is 35.5. The number of nitrogens with one attached hydrogen (secondary N) is 1. The molecule has 2 amide bonds. The summed E-state index contributed by atoms with van der Waals surface area (Å²) in [6, 6.07) is 13.6. The minimum atomic E-state index is -4.64. The molecular weight excluding hydrogens is 636 g/mol. The smallest absolute Gasteiger partial charge is 0.273 e. The molecule has 46 heavy (non-hydrogen) atoms. The van der Waals surface area contributed by atoms with Crippen LogP contribution in [0.4, 0.5) is 11.4 Å². The van der Waals surface area contributed by atoms with Crippen molar-refractivity contribution in [3.63, 3.8) is 0 Å². The normalized spacial score (nSPS) is 12.5. The van der Waals surface area contributed by atoms with Crippen molar-refractivity contribution in [1.82, 2.24) is 10.2 Å². The van der Waals surface area contributed by atoms with Gasteiger partial charge >= 0.3 is 0 Å². The first kappa shape index (κ1) is 36.1. The lowest BCUT2D eigenvalue weighted by atomic mass is 10.1. The van der Waals surface area contributed by atoms with Gasteiger partial charge in [-0.05, 0) is 68.7 Å². The minimum absolute atomic E-state index is 0.0426. The fraction of sp³-hybridized carbons (Fsp3) is 0.375. The number of nitro groups is 1. The van der Waals surface area contributed by atoms with Crippen LogP contribution < -0.4 is 19.1 Å². The van der Waals surface area contributed by atoms with Crippen LogP contribution in [0, 0.1) is 17.0 Å². The molecule has 0 unspecified atom stereocenters. The van der Waals surface area contributed by atoms with E-state index < -0.39 is 49.9 Å². The first-order chi connectivity index (χ1) is 21.8. The second-order valence-corrected chi connectivity index (χ2v) is 12.9. The van der Waals surface area contributed by atoms with Crippen molar-refractivity contribution in [2.45, 2.75) is 64.1 Å². The zero-order valence-electron chi connectivity index (χ0n) is 26.7. The van der Waals surface area contributed by atoms with Gasteiger partial charge in [-0.1, -0.05) is 43.6 Å². The number of rotatable bonds is 15. The van der Waals surface area contributed by atoms with Crippen LogP contribution in [-0.2, 0) is 26.2 Å². The van der Waals surface area contributed by atoms with Gasteiger partial charge in [-0.2, -0.15) is 0 Å². The van der Waals surface area contributed by atoms with Crippen molar-refractivity contribution in [3.05, 3.63) is 86.9 Å². The fourth-order valence-electron chi connectivity index (χ4n) is 4.77. The van der Waals surface area contributed by atoms with Crippen LogP contribution in [0.3, 0.4) is 0 Å². The number of anilines is 1. The summed E-state index contributed by atoms with van der Waals surface area (Å²) in [6.07, 6.45) is 0.893. The standard InChI is InChI=1S/C32H39ClN4O8S/c1-7-22(4)34-32(39)27(8-2)35(19-23-10-9-11-25(16-23)44-5)31(38)20-36(29-17-24(33)13-15-30(29)45-6)46(42,43)26-14-12-21(3)28(18-26)37(40)41/h9-18,22,27H,7-8,19-20H2,1-6H3,(H,34,39)/t22-,27+/m0/s1. The van der Waals surface area contributed by atoms with Crippen molar-refractivity contribution in [3.8, 4) is 11.5 Å². The molecule has 0 saturated heterocycles. The molecule has 1 N–H and O–H groups in total. The Kier molecular flexibility index (Phi) is 12.4. The quantitative estimate of drug-likeness (QED) is 0.164. The van der Waals surface area contributed by atoms with Gasteiger partial charge in [0.05, 0.1) is 29.7 Å². The fourth-order valence-corrected chi connectivity index (χ4v) is 6.38. The summed E-state index contributed by atoms with van der Waals surface area (Å²) >= 11 is 6.29. The third-order valence-corrected chi connectivity index (χ3v) is 9.52. The van der Waals surface area contributed by atoms with E-state index in [9.17, 15) is 28.1 Å². The number of sulfonamides is 1. The predicted octanol–water partition coefficient (Wildman–Crippen LogP) is 5.49. The first-order valence-corrected chi connectivity index (χ1v) is 16.4. The number of methoxy groups -OCH3 is 2. The van der Waals surface area contributed by atoms with Gasteiger partial charge < -0.3 is 19.7 Å². The summed E-state index contributed by atoms with van der Waals surface area (Å²) in [5.74, 6) is -0.475. The van der Waals surface area contributed by atoms with Gasteiger partial charge in [0.2, 0.25) is 11.8 Å². The molecule has 248 valence electrons. The zero-order valence-corrected chi connectivity index (χ0v) is 28.2. The molecule has 3 aromatic rings. The number of halogens is 1. The number of aryl methyl sites for hydroxylation is 1. The number of nitrogens with zero attached hydrogens (tertiary/aromatic N) is 3. The van der Waals surface area contributed by atoms with E-state index in [1.54, 1.807) is 31.2 Å². The lowest BCUT2D eigenvalue weighted by Gasteiger charge is -2.34. The van der Waals surface area contributed by atoms with Gasteiger partial charge in [0.25, 0.3) is 15.7 Å². The Balaban J connectivity index is 2.20. The Bertz CT molecular complexity index is 1680. The number of hydrogen-bond donors (Lipinski definition) is 1. The number of hydrogen-bond acceptors (Lipinski definition) is 8. The van der Waals surface area contributed by atoms with Gasteiger partial charge in [0.1, 0.15) is 24.1 Å². The molecule has 0 fully saturated rings. The molecule has 2 atom stereocenters. The molecule has 12 nitrogen and oxygen atoms in total. The maximum absolute atomic E-state index is 14.4. The van der Waals surface area contributed by atoms with Gasteiger partial charge in [-0.25, -0.2) is 8.42 Å². The largest absolute Gasteiger partial charge is 0.497 e. The molecule has 0 aliphatic heterocycles. The molecular formula is C32H39ClN4O8S. The molecule has 0 spiro atoms. The van der Waals surface area contributed by atoms with E-state index in [1.165, 1.54) is 56.4 Å². The third kappa shape index (κ3) is 8.46. The maximum atomic E-state index is 14.4. The Morgan fingerprint density at radius 3 is 2.35 bits per heavy atom. The summed E-state index contributed by atoms with van der Waals surface area (Å²) in [6.45, 7) is 6.19. The van der Waals surface area contributed by atoms with Crippen LogP contribution >= 0.6 is 11.6 Å². The van der Waals surface area contributed by atoms with Crippen LogP contribution in [-0.4, -0.2) is 62.9 Å². The topological polar surface area (TPSA) is 148 Å². The third-order valence-electron chi connectivity index (χ3n) is 7.53. The van der Waals surface area contributed by atoms with E-state index in [4.69, 9.17) is 21.1 Å². The lowest BCUT2D eigenvalue weighted by molar-refractivity contribution is -0.385. The summed E-state index contributed by atoms with van der Waals surface area (Å²) < 4.78 is 40.2. The second-order valence-electron chi connectivity index (χ2n) is 10.6. The molecule has 14 heteroatoms. The Morgan fingerprint density at radius 1 is 1.02 bits per heavy atom. The lowest BCUT2D eigenvalue weighted by Crippen LogP contribution is -2.53. The number of benzene rings is 3. The summed E-state index contributed by atoms with van der Waals surface area (Å²) in [4.78, 5) is 39.8. The van der Waals surface area contributed by atoms with E-state index in [-0.39, 0.29) is 41.0 Å². The van der Waals surface area contributed by atoms with Crippen molar-refractivity contribution in [2.24, 2.45) is 0 Å². The van der Waals surface area contributed by atoms with Crippen LogP contribution in [0.25, 0.3) is 0 Å². The van der Waals surface area contributed by atoms with Crippen LogP contribution in [0.1, 0.15) is 44.7 Å². The number of amides is 2. The average molecular weight is 675 g/mol. The first-order valence-electron chi connectivity index (χ1n) is 14.6. The van der Waals surface area contributed by atoms with E-state index in [0.29, 0.717) is 17.7 Å². The number of carbonyl (C=O) groups is 2. The van der Waals surface area contributed by atoms with E-state index >= 15 is 0 Å². The van der Waals surface area contributed by atoms with Gasteiger partial charge in [0, 0.05) is 29.2 Å². The SMILES string of the molecule is CC[C@H](C(=O)N[C@@H](C)CC)N(Cc1cccc(OC)c1)C(=O)CN(c1cc(Cl)ccc1OC)S(=O)(=O)c1ccc(C)c([N+](=O)[O-])c1. The Hall–Kier alpha value is -4.36. The summed E-state index contributed by atoms with van der Waals surface area (Å²) in [5.41, 5.74) is 0.434. The van der Waals surface area contributed by atoms with Gasteiger partial charge in [0.15, 0.2) is 0 Å². The highest BCUT2D eigenvalue weighted by Crippen LogP contribution is 2.36. The maximum Gasteiger partial charge on any atom is 0.273 e. The van der Waals surface area contributed by atoms with Crippen molar-refractivity contribution < 1.29 is 32.4 Å². The molecule has 0 saturated carbocycles. The molecule has 0 aliphatic rings. The monoisotopic (exact) mass is 674 g/mol. The van der Waals surface area contributed by atoms with E-state index in [2.05, 4.69) is 5.32 Å². The summed E-state index contributed by atoms with van der Waals surface area (Å²) in [5, 5.41) is 14.8. The number of carbonyl (C=O) groups excluding carboxylic acids is 2.